The molecule has 0 aliphatic carbocycles. The molecule has 2 aromatic rings. The fourth-order valence-electron chi connectivity index (χ4n) is 3.37. The summed E-state index contributed by atoms with van der Waals surface area (Å²) in [7, 11) is -3.35. The van der Waals surface area contributed by atoms with Gasteiger partial charge in [0.05, 0.1) is 23.5 Å². The van der Waals surface area contributed by atoms with Gasteiger partial charge in [-0.3, -0.25) is 9.10 Å². The van der Waals surface area contributed by atoms with E-state index in [-0.39, 0.29) is 24.0 Å². The van der Waals surface area contributed by atoms with Crippen molar-refractivity contribution in [1.29, 1.82) is 0 Å². The van der Waals surface area contributed by atoms with Crippen LogP contribution in [0.2, 0.25) is 0 Å². The summed E-state index contributed by atoms with van der Waals surface area (Å²) >= 11 is 0. The molecule has 9 nitrogen and oxygen atoms in total. The molecule has 0 radical (unpaired) electrons. The summed E-state index contributed by atoms with van der Waals surface area (Å²) in [5.74, 6) is 0.166. The first kappa shape index (κ1) is 21.0. The topological polar surface area (TPSA) is 111 Å². The molecule has 1 unspecified atom stereocenters. The predicted octanol–water partition coefficient (Wildman–Crippen LogP) is 1.34. The van der Waals surface area contributed by atoms with Gasteiger partial charge in [-0.1, -0.05) is 18.2 Å². The quantitative estimate of drug-likeness (QED) is 0.667. The van der Waals surface area contributed by atoms with Crippen LogP contribution in [0.15, 0.2) is 48.5 Å². The lowest BCUT2D eigenvalue weighted by Gasteiger charge is -2.26. The Morgan fingerprint density at radius 1 is 1.13 bits per heavy atom. The van der Waals surface area contributed by atoms with Crippen LogP contribution in [0.1, 0.15) is 16.8 Å². The Morgan fingerprint density at radius 2 is 1.94 bits per heavy atom. The summed E-state index contributed by atoms with van der Waals surface area (Å²) < 4.78 is 41.8. The third kappa shape index (κ3) is 4.91. The highest BCUT2D eigenvalue weighted by Crippen LogP contribution is 2.30. The van der Waals surface area contributed by atoms with Gasteiger partial charge < -0.3 is 19.5 Å². The number of anilines is 1. The third-order valence-electron chi connectivity index (χ3n) is 4.90. The van der Waals surface area contributed by atoms with Crippen molar-refractivity contribution in [2.45, 2.75) is 12.5 Å². The Balaban J connectivity index is 1.26. The van der Waals surface area contributed by atoms with E-state index in [2.05, 4.69) is 5.32 Å². The van der Waals surface area contributed by atoms with Crippen LogP contribution in [0.3, 0.4) is 0 Å². The van der Waals surface area contributed by atoms with Crippen LogP contribution in [0, 0.1) is 0 Å². The first-order valence-electron chi connectivity index (χ1n) is 9.85. The molecule has 1 amide bonds. The van der Waals surface area contributed by atoms with Crippen molar-refractivity contribution < 1.29 is 32.2 Å². The second kappa shape index (κ2) is 8.84. The number of esters is 1. The van der Waals surface area contributed by atoms with Gasteiger partial charge in [0.1, 0.15) is 12.7 Å². The zero-order chi connectivity index (χ0) is 21.8. The van der Waals surface area contributed by atoms with Crippen molar-refractivity contribution in [3.63, 3.8) is 0 Å². The third-order valence-corrected chi connectivity index (χ3v) is 6.77. The smallest absolute Gasteiger partial charge is 0.338 e. The second-order valence-electron chi connectivity index (χ2n) is 7.17. The van der Waals surface area contributed by atoms with E-state index in [1.807, 2.05) is 12.1 Å². The Labute approximate surface area is 179 Å². The lowest BCUT2D eigenvalue weighted by Crippen LogP contribution is -2.42. The standard InChI is InChI=1S/C21H22N2O7S/c24-20(22-12-17-13-28-18-7-1-2-8-19(18)30-17)14-29-21(25)15-5-3-6-16(11-15)23-9-4-10-31(23,26)27/h1-3,5-8,11,17H,4,9-10,12-14H2,(H,22,24). The number of carbonyl (C=O) groups excluding carboxylic acids is 2. The van der Waals surface area contributed by atoms with Crippen molar-refractivity contribution >= 4 is 27.6 Å². The maximum absolute atomic E-state index is 12.3. The molecule has 2 aromatic carbocycles. The maximum atomic E-state index is 12.3. The number of amides is 1. The number of nitrogens with one attached hydrogen (secondary N) is 1. The zero-order valence-electron chi connectivity index (χ0n) is 16.7. The second-order valence-corrected chi connectivity index (χ2v) is 9.18. The summed E-state index contributed by atoms with van der Waals surface area (Å²) in [4.78, 5) is 24.4. The Hall–Kier alpha value is -3.27. The number of para-hydroxylation sites is 2. The van der Waals surface area contributed by atoms with Gasteiger partial charge in [-0.15, -0.1) is 0 Å². The van der Waals surface area contributed by atoms with Crippen molar-refractivity contribution in [3.8, 4) is 11.5 Å². The molecule has 2 heterocycles. The summed E-state index contributed by atoms with van der Waals surface area (Å²) in [6.45, 7) is 0.409. The van der Waals surface area contributed by atoms with Gasteiger partial charge in [-0.25, -0.2) is 13.2 Å². The number of ether oxygens (including phenoxy) is 3. The molecule has 0 bridgehead atoms. The minimum absolute atomic E-state index is 0.0865. The number of rotatable bonds is 6. The number of benzene rings is 2. The van der Waals surface area contributed by atoms with Gasteiger partial charge in [-0.05, 0) is 36.8 Å². The van der Waals surface area contributed by atoms with Gasteiger partial charge in [0.25, 0.3) is 5.91 Å². The fourth-order valence-corrected chi connectivity index (χ4v) is 4.93. The number of hydrogen-bond donors (Lipinski definition) is 1. The molecule has 4 rings (SSSR count). The van der Waals surface area contributed by atoms with Crippen LogP contribution >= 0.6 is 0 Å². The molecule has 31 heavy (non-hydrogen) atoms. The van der Waals surface area contributed by atoms with Crippen molar-refractivity contribution in [2.24, 2.45) is 0 Å². The van der Waals surface area contributed by atoms with E-state index in [1.165, 1.54) is 16.4 Å². The highest BCUT2D eigenvalue weighted by Gasteiger charge is 2.29. The maximum Gasteiger partial charge on any atom is 0.338 e. The molecular weight excluding hydrogens is 424 g/mol. The number of carbonyl (C=O) groups is 2. The molecule has 0 aromatic heterocycles. The molecule has 1 N–H and O–H groups in total. The van der Waals surface area contributed by atoms with Crippen LogP contribution in [-0.4, -0.2) is 58.5 Å². The van der Waals surface area contributed by atoms with E-state index in [0.717, 1.165) is 0 Å². The van der Waals surface area contributed by atoms with Gasteiger partial charge in [-0.2, -0.15) is 0 Å². The Morgan fingerprint density at radius 3 is 2.71 bits per heavy atom. The van der Waals surface area contributed by atoms with Crippen molar-refractivity contribution in [1.82, 2.24) is 5.32 Å². The van der Waals surface area contributed by atoms with E-state index in [1.54, 1.807) is 24.3 Å². The van der Waals surface area contributed by atoms with E-state index in [9.17, 15) is 18.0 Å². The minimum atomic E-state index is -3.35. The van der Waals surface area contributed by atoms with E-state index >= 15 is 0 Å². The molecule has 1 atom stereocenters. The lowest BCUT2D eigenvalue weighted by atomic mass is 10.2. The molecule has 0 spiro atoms. The van der Waals surface area contributed by atoms with E-state index in [0.29, 0.717) is 36.8 Å². The van der Waals surface area contributed by atoms with Gasteiger partial charge in [0.2, 0.25) is 10.0 Å². The normalized spacial score (nSPS) is 19.0. The highest BCUT2D eigenvalue weighted by atomic mass is 32.2. The first-order chi connectivity index (χ1) is 14.9. The molecule has 164 valence electrons. The summed E-state index contributed by atoms with van der Waals surface area (Å²) in [6.07, 6.45) is 0.187. The average Bonchev–Trinajstić information content (AvgIpc) is 3.14. The largest absolute Gasteiger partial charge is 0.486 e. The molecular formula is C21H22N2O7S. The van der Waals surface area contributed by atoms with Gasteiger partial charge >= 0.3 is 5.97 Å². The molecule has 0 saturated carbocycles. The highest BCUT2D eigenvalue weighted by molar-refractivity contribution is 7.93. The first-order valence-corrected chi connectivity index (χ1v) is 11.5. The Kier molecular flexibility index (Phi) is 5.99. The number of hydrogen-bond acceptors (Lipinski definition) is 7. The average molecular weight is 446 g/mol. The molecule has 1 fully saturated rings. The summed E-state index contributed by atoms with van der Waals surface area (Å²) in [6, 6.07) is 13.4. The van der Waals surface area contributed by atoms with Gasteiger partial charge in [0, 0.05) is 6.54 Å². The van der Waals surface area contributed by atoms with Crippen molar-refractivity contribution in [3.05, 3.63) is 54.1 Å². The lowest BCUT2D eigenvalue weighted by molar-refractivity contribution is -0.124. The Bertz CT molecular complexity index is 1090. The molecule has 2 aliphatic rings. The van der Waals surface area contributed by atoms with Crippen LogP contribution < -0.4 is 19.1 Å². The SMILES string of the molecule is O=C(COC(=O)c1cccc(N2CCCS2(=O)=O)c1)NCC1COc2ccccc2O1. The van der Waals surface area contributed by atoms with Crippen LogP contribution in [0.4, 0.5) is 5.69 Å². The zero-order valence-corrected chi connectivity index (χ0v) is 17.5. The van der Waals surface area contributed by atoms with E-state index < -0.39 is 28.5 Å². The number of nitrogens with zero attached hydrogens (tertiary/aromatic N) is 1. The number of sulfonamides is 1. The monoisotopic (exact) mass is 446 g/mol. The minimum Gasteiger partial charge on any atom is -0.486 e. The van der Waals surface area contributed by atoms with Crippen molar-refractivity contribution in [2.75, 3.05) is 36.4 Å². The summed E-state index contributed by atoms with van der Waals surface area (Å²) in [5.41, 5.74) is 0.583. The van der Waals surface area contributed by atoms with Crippen LogP contribution in [0.5, 0.6) is 11.5 Å². The summed E-state index contributed by atoms with van der Waals surface area (Å²) in [5, 5.41) is 2.65. The van der Waals surface area contributed by atoms with Gasteiger partial charge in [0.15, 0.2) is 18.1 Å². The van der Waals surface area contributed by atoms with E-state index in [4.69, 9.17) is 14.2 Å². The molecule has 2 aliphatic heterocycles. The fraction of sp³-hybridized carbons (Fsp3) is 0.333. The number of fused-ring (bicyclic) bond motifs is 1. The molecule has 1 saturated heterocycles. The van der Waals surface area contributed by atoms with Crippen LogP contribution in [0.25, 0.3) is 0 Å². The van der Waals surface area contributed by atoms with Crippen LogP contribution in [-0.2, 0) is 19.6 Å². The molecule has 10 heteroatoms. The predicted molar refractivity (Wildman–Crippen MR) is 112 cm³/mol.